The number of rotatable bonds is 6. The van der Waals surface area contributed by atoms with E-state index in [2.05, 4.69) is 0 Å². The summed E-state index contributed by atoms with van der Waals surface area (Å²) in [5.41, 5.74) is 0.534. The molecule has 0 aliphatic heterocycles. The van der Waals surface area contributed by atoms with Gasteiger partial charge in [-0.3, -0.25) is 4.79 Å². The molecule has 1 saturated carbocycles. The van der Waals surface area contributed by atoms with Crippen LogP contribution in [0.15, 0.2) is 12.1 Å². The predicted octanol–water partition coefficient (Wildman–Crippen LogP) is 4.61. The van der Waals surface area contributed by atoms with Crippen molar-refractivity contribution in [3.8, 4) is 11.5 Å². The van der Waals surface area contributed by atoms with Crippen LogP contribution in [0.2, 0.25) is 5.02 Å². The van der Waals surface area contributed by atoms with Crippen molar-refractivity contribution in [1.29, 1.82) is 0 Å². The molecule has 0 saturated heterocycles. The molecule has 116 valence electrons. The van der Waals surface area contributed by atoms with Gasteiger partial charge in [0.2, 0.25) is 0 Å². The molecule has 0 heterocycles. The molecule has 1 aliphatic carbocycles. The SMILES string of the molecule is COc1cc(OC)c(C(=O)CSC2CCCCC2)cc1Cl. The van der Waals surface area contributed by atoms with Gasteiger partial charge in [0.25, 0.3) is 0 Å². The highest BCUT2D eigenvalue weighted by atomic mass is 35.5. The minimum absolute atomic E-state index is 0.0620. The van der Waals surface area contributed by atoms with E-state index in [0.717, 1.165) is 0 Å². The largest absolute Gasteiger partial charge is 0.496 e. The summed E-state index contributed by atoms with van der Waals surface area (Å²) in [7, 11) is 3.09. The van der Waals surface area contributed by atoms with Crippen molar-refractivity contribution in [2.24, 2.45) is 0 Å². The molecule has 0 N–H and O–H groups in total. The monoisotopic (exact) mass is 328 g/mol. The molecule has 5 heteroatoms. The Hall–Kier alpha value is -0.870. The summed E-state index contributed by atoms with van der Waals surface area (Å²) < 4.78 is 10.4. The Kier molecular flexibility index (Phi) is 6.24. The molecule has 21 heavy (non-hydrogen) atoms. The first-order valence-electron chi connectivity index (χ1n) is 7.22. The highest BCUT2D eigenvalue weighted by Gasteiger charge is 2.19. The fraction of sp³-hybridized carbons (Fsp3) is 0.562. The van der Waals surface area contributed by atoms with Crippen molar-refractivity contribution in [2.75, 3.05) is 20.0 Å². The molecule has 2 rings (SSSR count). The Morgan fingerprint density at radius 1 is 1.19 bits per heavy atom. The summed E-state index contributed by atoms with van der Waals surface area (Å²) in [5, 5.41) is 1.05. The fourth-order valence-electron chi connectivity index (χ4n) is 2.58. The van der Waals surface area contributed by atoms with Gasteiger partial charge in [0, 0.05) is 11.3 Å². The maximum atomic E-state index is 12.4. The number of carbonyl (C=O) groups is 1. The lowest BCUT2D eigenvalue weighted by molar-refractivity contribution is 0.101. The lowest BCUT2D eigenvalue weighted by Crippen LogP contribution is -2.13. The molecule has 0 unspecified atom stereocenters. The third-order valence-electron chi connectivity index (χ3n) is 3.78. The van der Waals surface area contributed by atoms with Crippen molar-refractivity contribution < 1.29 is 14.3 Å². The molecular formula is C16H21ClO3S. The third-order valence-corrected chi connectivity index (χ3v) is 5.44. The standard InChI is InChI=1S/C16H21ClO3S/c1-19-15-9-16(20-2)13(17)8-12(15)14(18)10-21-11-6-4-3-5-7-11/h8-9,11H,3-7,10H2,1-2H3. The normalized spacial score (nSPS) is 15.8. The quantitative estimate of drug-likeness (QED) is 0.715. The molecule has 1 aromatic rings. The van der Waals surface area contributed by atoms with Gasteiger partial charge in [-0.15, -0.1) is 0 Å². The van der Waals surface area contributed by atoms with Crippen LogP contribution >= 0.6 is 23.4 Å². The number of thioether (sulfide) groups is 1. The van der Waals surface area contributed by atoms with E-state index in [-0.39, 0.29) is 5.78 Å². The molecule has 3 nitrogen and oxygen atoms in total. The van der Waals surface area contributed by atoms with Gasteiger partial charge in [-0.1, -0.05) is 30.9 Å². The Balaban J connectivity index is 2.05. The van der Waals surface area contributed by atoms with Gasteiger partial charge in [-0.2, -0.15) is 11.8 Å². The molecule has 0 radical (unpaired) electrons. The van der Waals surface area contributed by atoms with Crippen LogP contribution in [0.25, 0.3) is 0 Å². The summed E-state index contributed by atoms with van der Waals surface area (Å²) in [6.45, 7) is 0. The Morgan fingerprint density at radius 3 is 2.48 bits per heavy atom. The molecule has 0 spiro atoms. The predicted molar refractivity (Wildman–Crippen MR) is 88.2 cm³/mol. The Labute approximate surface area is 135 Å². The van der Waals surface area contributed by atoms with Crippen LogP contribution in [0.5, 0.6) is 11.5 Å². The van der Waals surface area contributed by atoms with E-state index in [9.17, 15) is 4.79 Å². The number of hydrogen-bond acceptors (Lipinski definition) is 4. The van der Waals surface area contributed by atoms with Crippen LogP contribution in [0.4, 0.5) is 0 Å². The van der Waals surface area contributed by atoms with E-state index < -0.39 is 0 Å². The van der Waals surface area contributed by atoms with Gasteiger partial charge in [-0.25, -0.2) is 0 Å². The Bertz CT molecular complexity index is 499. The second-order valence-corrected chi connectivity index (χ2v) is 6.88. The molecular weight excluding hydrogens is 308 g/mol. The van der Waals surface area contributed by atoms with E-state index >= 15 is 0 Å². The van der Waals surface area contributed by atoms with E-state index in [1.807, 2.05) is 0 Å². The second-order valence-electron chi connectivity index (χ2n) is 5.18. The number of hydrogen-bond donors (Lipinski definition) is 0. The van der Waals surface area contributed by atoms with Crippen molar-refractivity contribution in [3.05, 3.63) is 22.7 Å². The van der Waals surface area contributed by atoms with Gasteiger partial charge in [0.05, 0.1) is 30.6 Å². The van der Waals surface area contributed by atoms with Crippen molar-refractivity contribution in [1.82, 2.24) is 0 Å². The van der Waals surface area contributed by atoms with Gasteiger partial charge < -0.3 is 9.47 Å². The van der Waals surface area contributed by atoms with E-state index in [1.165, 1.54) is 32.1 Å². The zero-order valence-electron chi connectivity index (χ0n) is 12.5. The third kappa shape index (κ3) is 4.30. The Morgan fingerprint density at radius 2 is 1.86 bits per heavy atom. The van der Waals surface area contributed by atoms with Gasteiger partial charge in [0.15, 0.2) is 5.78 Å². The van der Waals surface area contributed by atoms with Crippen molar-refractivity contribution in [2.45, 2.75) is 37.4 Å². The molecule has 0 aromatic heterocycles. The number of methoxy groups -OCH3 is 2. The molecule has 1 fully saturated rings. The molecule has 0 atom stereocenters. The number of ketones is 1. The lowest BCUT2D eigenvalue weighted by atomic mass is 10.0. The fourth-order valence-corrected chi connectivity index (χ4v) is 4.03. The zero-order chi connectivity index (χ0) is 15.2. The number of carbonyl (C=O) groups excluding carboxylic acids is 1. The topological polar surface area (TPSA) is 35.5 Å². The minimum Gasteiger partial charge on any atom is -0.496 e. The van der Waals surface area contributed by atoms with Crippen LogP contribution in [0.3, 0.4) is 0 Å². The molecule has 1 aliphatic rings. The average Bonchev–Trinajstić information content (AvgIpc) is 2.53. The maximum Gasteiger partial charge on any atom is 0.176 e. The number of Topliss-reactive ketones (excluding diaryl/α,β-unsaturated/α-hetero) is 1. The molecule has 0 amide bonds. The van der Waals surface area contributed by atoms with E-state index in [1.54, 1.807) is 38.1 Å². The van der Waals surface area contributed by atoms with Gasteiger partial charge >= 0.3 is 0 Å². The highest BCUT2D eigenvalue weighted by Crippen LogP contribution is 2.34. The number of benzene rings is 1. The summed E-state index contributed by atoms with van der Waals surface area (Å²) >= 11 is 7.87. The molecule has 0 bridgehead atoms. The van der Waals surface area contributed by atoms with Crippen molar-refractivity contribution >= 4 is 29.1 Å². The minimum atomic E-state index is 0.0620. The van der Waals surface area contributed by atoms with Gasteiger partial charge in [-0.05, 0) is 18.9 Å². The zero-order valence-corrected chi connectivity index (χ0v) is 14.1. The highest BCUT2D eigenvalue weighted by molar-refractivity contribution is 8.00. The first-order valence-corrected chi connectivity index (χ1v) is 8.64. The van der Waals surface area contributed by atoms with Crippen LogP contribution in [0, 0.1) is 0 Å². The first-order chi connectivity index (χ1) is 10.2. The lowest BCUT2D eigenvalue weighted by Gasteiger charge is -2.20. The summed E-state index contributed by atoms with van der Waals surface area (Å²) in [6.07, 6.45) is 6.33. The molecule has 1 aromatic carbocycles. The van der Waals surface area contributed by atoms with Crippen LogP contribution in [-0.4, -0.2) is 31.0 Å². The summed E-state index contributed by atoms with van der Waals surface area (Å²) in [4.78, 5) is 12.4. The van der Waals surface area contributed by atoms with Crippen LogP contribution in [0.1, 0.15) is 42.5 Å². The maximum absolute atomic E-state index is 12.4. The van der Waals surface area contributed by atoms with Crippen molar-refractivity contribution in [3.63, 3.8) is 0 Å². The smallest absolute Gasteiger partial charge is 0.176 e. The average molecular weight is 329 g/mol. The summed E-state index contributed by atoms with van der Waals surface area (Å²) in [5.74, 6) is 1.58. The number of halogens is 1. The van der Waals surface area contributed by atoms with Gasteiger partial charge in [0.1, 0.15) is 11.5 Å². The van der Waals surface area contributed by atoms with E-state index in [0.29, 0.717) is 33.1 Å². The van der Waals surface area contributed by atoms with Crippen LogP contribution < -0.4 is 9.47 Å². The summed E-state index contributed by atoms with van der Waals surface area (Å²) in [6, 6.07) is 3.31. The number of ether oxygens (including phenoxy) is 2. The first kappa shape index (κ1) is 16.5. The second kappa shape index (κ2) is 7.95. The van der Waals surface area contributed by atoms with Crippen LogP contribution in [-0.2, 0) is 0 Å². The van der Waals surface area contributed by atoms with E-state index in [4.69, 9.17) is 21.1 Å².